The Hall–Kier alpha value is -2.65. The molecule has 5 amide bonds. The summed E-state index contributed by atoms with van der Waals surface area (Å²) in [6, 6.07) is -3.40. The molecule has 0 aliphatic heterocycles. The van der Waals surface area contributed by atoms with Crippen LogP contribution in [0, 0.1) is 17.3 Å². The zero-order valence-corrected chi connectivity index (χ0v) is 22.5. The van der Waals surface area contributed by atoms with E-state index in [1.807, 2.05) is 55.4 Å². The Morgan fingerprint density at radius 3 is 1.80 bits per heavy atom. The molecule has 0 spiro atoms. The normalized spacial score (nSPS) is 16.9. The van der Waals surface area contributed by atoms with Crippen LogP contribution in [-0.4, -0.2) is 53.2 Å². The lowest BCUT2D eigenvalue weighted by Crippen LogP contribution is -2.61. The first kappa shape index (κ1) is 30.4. The fourth-order valence-electron chi connectivity index (χ4n) is 3.88. The van der Waals surface area contributed by atoms with Gasteiger partial charge in [0.05, 0.1) is 6.04 Å². The molecule has 0 bridgehead atoms. The Balaban J connectivity index is 3.04. The van der Waals surface area contributed by atoms with Gasteiger partial charge in [0, 0.05) is 5.54 Å². The molecule has 6 N–H and O–H groups in total. The van der Waals surface area contributed by atoms with E-state index in [1.54, 1.807) is 0 Å². The predicted molar refractivity (Wildman–Crippen MR) is 134 cm³/mol. The van der Waals surface area contributed by atoms with Crippen LogP contribution in [0.4, 0.5) is 4.79 Å². The van der Waals surface area contributed by atoms with Crippen LogP contribution >= 0.6 is 0 Å². The highest BCUT2D eigenvalue weighted by Gasteiger charge is 2.37. The lowest BCUT2D eigenvalue weighted by atomic mass is 9.80. The molecule has 0 saturated heterocycles. The molecule has 1 saturated carbocycles. The van der Waals surface area contributed by atoms with Gasteiger partial charge in [-0.05, 0) is 50.9 Å². The fraction of sp³-hybridized carbons (Fsp3) is 0.800. The maximum atomic E-state index is 13.3. The molecule has 1 aliphatic rings. The summed E-state index contributed by atoms with van der Waals surface area (Å²) in [6.07, 6.45) is 3.56. The van der Waals surface area contributed by atoms with Gasteiger partial charge in [-0.25, -0.2) is 4.79 Å². The highest BCUT2D eigenvalue weighted by molar-refractivity contribution is 6.37. The number of rotatable bonds is 11. The van der Waals surface area contributed by atoms with Gasteiger partial charge in [0.2, 0.25) is 17.6 Å². The molecule has 3 atom stereocenters. The first-order valence-corrected chi connectivity index (χ1v) is 12.4. The number of hydrogen-bond acceptors (Lipinski definition) is 5. The van der Waals surface area contributed by atoms with Gasteiger partial charge in [-0.1, -0.05) is 53.9 Å². The van der Waals surface area contributed by atoms with E-state index in [-0.39, 0.29) is 11.8 Å². The number of primary amides is 1. The van der Waals surface area contributed by atoms with Crippen LogP contribution in [0.2, 0.25) is 0 Å². The van der Waals surface area contributed by atoms with Gasteiger partial charge in [0.15, 0.2) is 0 Å². The minimum Gasteiger partial charge on any atom is -0.363 e. The van der Waals surface area contributed by atoms with Crippen LogP contribution in [0.3, 0.4) is 0 Å². The van der Waals surface area contributed by atoms with E-state index in [4.69, 9.17) is 5.73 Å². The number of hydrogen-bond donors (Lipinski definition) is 5. The largest absolute Gasteiger partial charge is 0.363 e. The Morgan fingerprint density at radius 2 is 1.40 bits per heavy atom. The number of carbonyl (C=O) groups is 5. The van der Waals surface area contributed by atoms with Gasteiger partial charge in [0.1, 0.15) is 12.1 Å². The summed E-state index contributed by atoms with van der Waals surface area (Å²) >= 11 is 0. The third kappa shape index (κ3) is 10.7. The summed E-state index contributed by atoms with van der Waals surface area (Å²) in [5.41, 5.74) is 4.07. The molecule has 1 rings (SSSR count). The van der Waals surface area contributed by atoms with Crippen LogP contribution in [0.1, 0.15) is 87.5 Å². The summed E-state index contributed by atoms with van der Waals surface area (Å²) < 4.78 is 0. The SMILES string of the molecule is CC(C)CC(NC(=O)C(NC(=O)NC(C)(C)C)C(C)(C)C)C(=O)NC(CC1CCC1)C(=O)C(N)=O. The number of nitrogens with one attached hydrogen (secondary N) is 4. The summed E-state index contributed by atoms with van der Waals surface area (Å²) in [4.78, 5) is 62.8. The maximum Gasteiger partial charge on any atom is 0.315 e. The summed E-state index contributed by atoms with van der Waals surface area (Å²) in [5, 5.41) is 10.9. The molecule has 35 heavy (non-hydrogen) atoms. The van der Waals surface area contributed by atoms with Crippen molar-refractivity contribution in [3.8, 4) is 0 Å². The zero-order valence-electron chi connectivity index (χ0n) is 22.5. The fourth-order valence-corrected chi connectivity index (χ4v) is 3.88. The van der Waals surface area contributed by atoms with E-state index >= 15 is 0 Å². The van der Waals surface area contributed by atoms with E-state index in [0.717, 1.165) is 19.3 Å². The van der Waals surface area contributed by atoms with Crippen LogP contribution in [0.15, 0.2) is 0 Å². The maximum absolute atomic E-state index is 13.3. The van der Waals surface area contributed by atoms with Crippen LogP contribution in [0.25, 0.3) is 0 Å². The number of ketones is 1. The molecule has 10 nitrogen and oxygen atoms in total. The smallest absolute Gasteiger partial charge is 0.315 e. The van der Waals surface area contributed by atoms with E-state index in [0.29, 0.717) is 12.8 Å². The standard InChI is InChI=1S/C25H45N5O5/c1-14(2)12-17(21(33)27-16(18(31)20(26)32)13-15-10-9-11-15)28-22(34)19(24(3,4)5)29-23(35)30-25(6,7)8/h14-17,19H,9-13H2,1-8H3,(H2,26,32)(H,27,33)(H,28,34)(H2,29,30,35). The van der Waals surface area contributed by atoms with Gasteiger partial charge in [-0.15, -0.1) is 0 Å². The minimum absolute atomic E-state index is 0.0493. The number of amides is 5. The summed E-state index contributed by atoms with van der Waals surface area (Å²) in [5.74, 6) is -2.71. The molecule has 200 valence electrons. The third-order valence-electron chi connectivity index (χ3n) is 5.90. The molecular formula is C25H45N5O5. The van der Waals surface area contributed by atoms with Crippen LogP contribution < -0.4 is 27.0 Å². The second-order valence-corrected chi connectivity index (χ2v) is 12.2. The molecule has 3 unspecified atom stereocenters. The highest BCUT2D eigenvalue weighted by Crippen LogP contribution is 2.30. The molecule has 0 radical (unpaired) electrons. The molecule has 10 heteroatoms. The van der Waals surface area contributed by atoms with Gasteiger partial charge in [0.25, 0.3) is 5.91 Å². The molecule has 0 aromatic rings. The molecule has 0 aromatic carbocycles. The van der Waals surface area contributed by atoms with Crippen molar-refractivity contribution in [3.05, 3.63) is 0 Å². The second kappa shape index (κ2) is 12.4. The number of carbonyl (C=O) groups excluding carboxylic acids is 5. The lowest BCUT2D eigenvalue weighted by Gasteiger charge is -2.34. The Bertz CT molecular complexity index is 793. The Labute approximate surface area is 209 Å². The zero-order chi connectivity index (χ0) is 27.1. The summed E-state index contributed by atoms with van der Waals surface area (Å²) in [7, 11) is 0. The van der Waals surface area contributed by atoms with Crippen molar-refractivity contribution in [1.82, 2.24) is 21.3 Å². The molecule has 1 aliphatic carbocycles. The quantitative estimate of drug-likeness (QED) is 0.276. The predicted octanol–water partition coefficient (Wildman–Crippen LogP) is 1.76. The van der Waals surface area contributed by atoms with Crippen molar-refractivity contribution >= 4 is 29.5 Å². The van der Waals surface area contributed by atoms with Gasteiger partial charge >= 0.3 is 6.03 Å². The Kier molecular flexibility index (Phi) is 10.7. The Morgan fingerprint density at radius 1 is 0.857 bits per heavy atom. The molecular weight excluding hydrogens is 450 g/mol. The number of nitrogens with two attached hydrogens (primary N) is 1. The van der Waals surface area contributed by atoms with Gasteiger partial charge in [-0.2, -0.15) is 0 Å². The monoisotopic (exact) mass is 495 g/mol. The summed E-state index contributed by atoms with van der Waals surface area (Å²) in [6.45, 7) is 14.7. The second-order valence-electron chi connectivity index (χ2n) is 12.2. The van der Waals surface area contributed by atoms with Crippen molar-refractivity contribution in [3.63, 3.8) is 0 Å². The molecule has 0 aromatic heterocycles. The van der Waals surface area contributed by atoms with E-state index in [1.165, 1.54) is 0 Å². The van der Waals surface area contributed by atoms with Crippen molar-refractivity contribution in [1.29, 1.82) is 0 Å². The first-order chi connectivity index (χ1) is 15.9. The first-order valence-electron chi connectivity index (χ1n) is 12.4. The third-order valence-corrected chi connectivity index (χ3v) is 5.90. The van der Waals surface area contributed by atoms with Crippen molar-refractivity contribution in [2.45, 2.75) is 111 Å². The van der Waals surface area contributed by atoms with E-state index in [2.05, 4.69) is 21.3 Å². The van der Waals surface area contributed by atoms with E-state index < -0.39 is 58.6 Å². The van der Waals surface area contributed by atoms with Crippen molar-refractivity contribution in [2.75, 3.05) is 0 Å². The average molecular weight is 496 g/mol. The van der Waals surface area contributed by atoms with Crippen molar-refractivity contribution in [2.24, 2.45) is 23.0 Å². The number of urea groups is 1. The van der Waals surface area contributed by atoms with Gasteiger partial charge < -0.3 is 27.0 Å². The van der Waals surface area contributed by atoms with Crippen molar-refractivity contribution < 1.29 is 24.0 Å². The minimum atomic E-state index is -1.10. The van der Waals surface area contributed by atoms with E-state index in [9.17, 15) is 24.0 Å². The highest BCUT2D eigenvalue weighted by atomic mass is 16.2. The average Bonchev–Trinajstić information content (AvgIpc) is 2.63. The van der Waals surface area contributed by atoms with Crippen LogP contribution in [0.5, 0.6) is 0 Å². The van der Waals surface area contributed by atoms with Crippen LogP contribution in [-0.2, 0) is 19.2 Å². The molecule has 0 heterocycles. The molecule has 1 fully saturated rings. The topological polar surface area (TPSA) is 159 Å². The number of Topliss-reactive ketones (excluding diaryl/α,β-unsaturated/α-hetero) is 1. The van der Waals surface area contributed by atoms with Gasteiger partial charge in [-0.3, -0.25) is 19.2 Å². The lowest BCUT2D eigenvalue weighted by molar-refractivity contribution is -0.139.